The van der Waals surface area contributed by atoms with Crippen molar-refractivity contribution in [1.29, 1.82) is 0 Å². The van der Waals surface area contributed by atoms with Gasteiger partial charge in [0.1, 0.15) is 13.2 Å². The Morgan fingerprint density at radius 1 is 0.368 bits per heavy atom. The first kappa shape index (κ1) is 54.6. The number of unbranched alkanes of at least 4 members (excludes halogenated alkanes) is 27. The summed E-state index contributed by atoms with van der Waals surface area (Å²) in [5.74, 6) is -0.876. The fraction of sp³-hybridized carbons (Fsp3) is 0.824. The molecule has 1 unspecified atom stereocenters. The van der Waals surface area contributed by atoms with Crippen LogP contribution >= 0.6 is 0 Å². The zero-order chi connectivity index (χ0) is 41.5. The normalized spacial score (nSPS) is 12.3. The number of carbonyl (C=O) groups excluding carboxylic acids is 3. The number of hydrogen-bond acceptors (Lipinski definition) is 6. The predicted octanol–water partition coefficient (Wildman–Crippen LogP) is 15.8. The Labute approximate surface area is 353 Å². The molecule has 0 heterocycles. The second-order valence-corrected chi connectivity index (χ2v) is 16.4. The van der Waals surface area contributed by atoms with E-state index in [2.05, 4.69) is 57.2 Å². The summed E-state index contributed by atoms with van der Waals surface area (Å²) in [4.78, 5) is 37.8. The quantitative estimate of drug-likeness (QED) is 0.0264. The number of allylic oxidation sites excluding steroid dienone is 6. The second kappa shape index (κ2) is 46.3. The van der Waals surface area contributed by atoms with Crippen molar-refractivity contribution in [1.82, 2.24) is 0 Å². The number of hydrogen-bond donors (Lipinski definition) is 0. The van der Waals surface area contributed by atoms with Gasteiger partial charge in [0.25, 0.3) is 0 Å². The fourth-order valence-electron chi connectivity index (χ4n) is 6.99. The van der Waals surface area contributed by atoms with Crippen LogP contribution in [0.1, 0.15) is 252 Å². The van der Waals surface area contributed by atoms with Crippen LogP contribution in [0.2, 0.25) is 0 Å². The molecule has 0 fully saturated rings. The molecule has 0 amide bonds. The van der Waals surface area contributed by atoms with Gasteiger partial charge in [-0.1, -0.05) is 218 Å². The molecular weight excluding hydrogens is 709 g/mol. The second-order valence-electron chi connectivity index (χ2n) is 16.4. The molecule has 0 N–H and O–H groups in total. The van der Waals surface area contributed by atoms with Gasteiger partial charge in [0.05, 0.1) is 0 Å². The molecule has 0 aromatic rings. The Morgan fingerprint density at radius 2 is 0.684 bits per heavy atom. The maximum atomic E-state index is 12.7. The summed E-state index contributed by atoms with van der Waals surface area (Å²) in [6.07, 6.45) is 52.6. The molecule has 0 bridgehead atoms. The number of rotatable bonds is 44. The highest BCUT2D eigenvalue weighted by molar-refractivity contribution is 5.71. The van der Waals surface area contributed by atoms with Gasteiger partial charge in [0, 0.05) is 19.3 Å². The zero-order valence-electron chi connectivity index (χ0n) is 37.9. The van der Waals surface area contributed by atoms with Crippen molar-refractivity contribution in [2.75, 3.05) is 13.2 Å². The molecule has 0 rings (SSSR count). The Bertz CT molecular complexity index is 969. The molecule has 0 spiro atoms. The van der Waals surface area contributed by atoms with Gasteiger partial charge in [-0.2, -0.15) is 0 Å². The lowest BCUT2D eigenvalue weighted by Gasteiger charge is -2.18. The maximum absolute atomic E-state index is 12.7. The lowest BCUT2D eigenvalue weighted by molar-refractivity contribution is -0.167. The van der Waals surface area contributed by atoms with E-state index in [1.807, 2.05) is 0 Å². The highest BCUT2D eigenvalue weighted by Gasteiger charge is 2.19. The number of carbonyl (C=O) groups is 3. The van der Waals surface area contributed by atoms with Gasteiger partial charge in [-0.3, -0.25) is 14.4 Å². The summed E-state index contributed by atoms with van der Waals surface area (Å²) in [7, 11) is 0. The number of ether oxygens (including phenoxy) is 3. The topological polar surface area (TPSA) is 78.9 Å². The Hall–Kier alpha value is -2.37. The molecule has 57 heavy (non-hydrogen) atoms. The van der Waals surface area contributed by atoms with Crippen molar-refractivity contribution in [3.8, 4) is 0 Å². The van der Waals surface area contributed by atoms with Crippen molar-refractivity contribution in [2.45, 2.75) is 258 Å². The van der Waals surface area contributed by atoms with Gasteiger partial charge in [0.15, 0.2) is 6.10 Å². The summed E-state index contributed by atoms with van der Waals surface area (Å²) in [5.41, 5.74) is 0. The van der Waals surface area contributed by atoms with Crippen LogP contribution in [0.15, 0.2) is 36.5 Å². The molecule has 6 nitrogen and oxygen atoms in total. The van der Waals surface area contributed by atoms with E-state index in [1.165, 1.54) is 128 Å². The van der Waals surface area contributed by atoms with Crippen molar-refractivity contribution in [3.63, 3.8) is 0 Å². The van der Waals surface area contributed by atoms with Gasteiger partial charge < -0.3 is 14.2 Å². The molecule has 6 heteroatoms. The van der Waals surface area contributed by atoms with E-state index in [0.717, 1.165) is 83.5 Å². The van der Waals surface area contributed by atoms with E-state index in [1.54, 1.807) is 0 Å². The van der Waals surface area contributed by atoms with Gasteiger partial charge in [-0.25, -0.2) is 0 Å². The van der Waals surface area contributed by atoms with Crippen molar-refractivity contribution in [3.05, 3.63) is 36.5 Å². The third-order valence-electron chi connectivity index (χ3n) is 10.7. The summed E-state index contributed by atoms with van der Waals surface area (Å²) in [5, 5.41) is 0. The average molecular weight is 801 g/mol. The van der Waals surface area contributed by atoms with E-state index < -0.39 is 6.10 Å². The predicted molar refractivity (Wildman–Crippen MR) is 242 cm³/mol. The van der Waals surface area contributed by atoms with Crippen molar-refractivity contribution >= 4 is 17.9 Å². The number of esters is 3. The van der Waals surface area contributed by atoms with Crippen LogP contribution in [-0.4, -0.2) is 37.2 Å². The Morgan fingerprint density at radius 3 is 1.07 bits per heavy atom. The van der Waals surface area contributed by atoms with E-state index in [4.69, 9.17) is 14.2 Å². The lowest BCUT2D eigenvalue weighted by Crippen LogP contribution is -2.30. The molecule has 0 aliphatic carbocycles. The van der Waals surface area contributed by atoms with E-state index >= 15 is 0 Å². The van der Waals surface area contributed by atoms with E-state index in [-0.39, 0.29) is 31.1 Å². The largest absolute Gasteiger partial charge is 0.462 e. The molecule has 0 aromatic carbocycles. The van der Waals surface area contributed by atoms with Crippen LogP contribution in [0.25, 0.3) is 0 Å². The van der Waals surface area contributed by atoms with Crippen LogP contribution in [0.5, 0.6) is 0 Å². The molecule has 0 aliphatic rings. The maximum Gasteiger partial charge on any atom is 0.306 e. The van der Waals surface area contributed by atoms with Gasteiger partial charge in [-0.05, 0) is 51.4 Å². The first-order valence-electron chi connectivity index (χ1n) is 24.5. The van der Waals surface area contributed by atoms with Crippen LogP contribution in [-0.2, 0) is 28.6 Å². The molecule has 0 radical (unpaired) electrons. The third-order valence-corrected chi connectivity index (χ3v) is 10.7. The Kier molecular flexibility index (Phi) is 44.4. The van der Waals surface area contributed by atoms with Crippen LogP contribution in [0.3, 0.4) is 0 Å². The fourth-order valence-corrected chi connectivity index (χ4v) is 6.99. The zero-order valence-corrected chi connectivity index (χ0v) is 37.9. The molecule has 0 saturated heterocycles. The molecule has 0 aromatic heterocycles. The van der Waals surface area contributed by atoms with Gasteiger partial charge >= 0.3 is 17.9 Å². The first-order valence-corrected chi connectivity index (χ1v) is 24.5. The van der Waals surface area contributed by atoms with Gasteiger partial charge in [-0.15, -0.1) is 0 Å². The van der Waals surface area contributed by atoms with Gasteiger partial charge in [0.2, 0.25) is 0 Å². The lowest BCUT2D eigenvalue weighted by atomic mass is 10.1. The molecule has 1 atom stereocenters. The van der Waals surface area contributed by atoms with Crippen molar-refractivity contribution in [2.24, 2.45) is 0 Å². The monoisotopic (exact) mass is 801 g/mol. The van der Waals surface area contributed by atoms with Crippen LogP contribution < -0.4 is 0 Å². The smallest absolute Gasteiger partial charge is 0.306 e. The average Bonchev–Trinajstić information content (AvgIpc) is 3.21. The van der Waals surface area contributed by atoms with E-state index in [9.17, 15) is 14.4 Å². The Balaban J connectivity index is 4.33. The third kappa shape index (κ3) is 44.6. The molecular formula is C51H92O6. The minimum atomic E-state index is -0.769. The molecule has 0 saturated carbocycles. The summed E-state index contributed by atoms with van der Waals surface area (Å²) >= 11 is 0. The molecule has 0 aliphatic heterocycles. The summed E-state index contributed by atoms with van der Waals surface area (Å²) < 4.78 is 16.7. The first-order chi connectivity index (χ1) is 28.0. The summed E-state index contributed by atoms with van der Waals surface area (Å²) in [6.45, 7) is 6.52. The van der Waals surface area contributed by atoms with Crippen LogP contribution in [0, 0.1) is 0 Å². The minimum Gasteiger partial charge on any atom is -0.462 e. The minimum absolute atomic E-state index is 0.0715. The standard InChI is InChI=1S/C51H92O6/c1-4-7-10-13-16-19-22-23-24-25-26-27-30-32-35-38-41-44-50(53)56-47-48(57-51(54)45-42-39-36-33-29-21-18-15-12-9-6-3)46-55-49(52)43-40-37-34-31-28-20-17-14-11-8-5-2/h7,10,16,19,23-24,48H,4-6,8-9,11-15,17-18,20-22,25-47H2,1-3H3/b10-7-,19-16-,24-23-. The van der Waals surface area contributed by atoms with Crippen molar-refractivity contribution < 1.29 is 28.6 Å². The SMILES string of the molecule is CC/C=C\C/C=C\C/C=C\CCCCCCCCCC(=O)OCC(COC(=O)CCCCCCCCCCCCC)OC(=O)CCCCCCCCCCCCC. The highest BCUT2D eigenvalue weighted by atomic mass is 16.6. The van der Waals surface area contributed by atoms with Crippen LogP contribution in [0.4, 0.5) is 0 Å². The van der Waals surface area contributed by atoms with E-state index in [0.29, 0.717) is 19.3 Å². The highest BCUT2D eigenvalue weighted by Crippen LogP contribution is 2.15. The molecule has 332 valence electrons. The summed E-state index contributed by atoms with van der Waals surface area (Å²) in [6, 6.07) is 0.